The summed E-state index contributed by atoms with van der Waals surface area (Å²) in [6, 6.07) is 12.0. The highest BCUT2D eigenvalue weighted by Crippen LogP contribution is 2.25. The molecule has 20 heavy (non-hydrogen) atoms. The molecule has 0 saturated carbocycles. The highest BCUT2D eigenvalue weighted by Gasteiger charge is 2.15. The Labute approximate surface area is 127 Å². The molecular formula is C15H14BrNO2S. The number of aryl methyl sites for hydroxylation is 1. The molecular weight excluding hydrogens is 338 g/mol. The van der Waals surface area contributed by atoms with Gasteiger partial charge in [0, 0.05) is 4.47 Å². The van der Waals surface area contributed by atoms with Gasteiger partial charge in [0.25, 0.3) is 10.0 Å². The van der Waals surface area contributed by atoms with Crippen LogP contribution in [-0.4, -0.2) is 8.42 Å². The summed E-state index contributed by atoms with van der Waals surface area (Å²) in [4.78, 5) is 0.234. The van der Waals surface area contributed by atoms with Crippen molar-refractivity contribution in [3.63, 3.8) is 0 Å². The number of nitrogens with one attached hydrogen (secondary N) is 1. The Morgan fingerprint density at radius 3 is 2.40 bits per heavy atom. The second-order valence-corrected chi connectivity index (χ2v) is 6.95. The summed E-state index contributed by atoms with van der Waals surface area (Å²) in [6.07, 6.45) is 1.61. The molecule has 0 bridgehead atoms. The SMILES string of the molecule is C=Cc1ccc(Br)cc1NS(=O)(=O)c1ccc(C)cc1. The molecule has 0 radical (unpaired) electrons. The first kappa shape index (κ1) is 14.8. The summed E-state index contributed by atoms with van der Waals surface area (Å²) in [5.41, 5.74) is 2.23. The van der Waals surface area contributed by atoms with E-state index in [9.17, 15) is 8.42 Å². The highest BCUT2D eigenvalue weighted by molar-refractivity contribution is 9.10. The molecule has 0 aliphatic heterocycles. The summed E-state index contributed by atoms with van der Waals surface area (Å²) in [5.74, 6) is 0. The predicted molar refractivity (Wildman–Crippen MR) is 86.2 cm³/mol. The van der Waals surface area contributed by atoms with E-state index < -0.39 is 10.0 Å². The lowest BCUT2D eigenvalue weighted by molar-refractivity contribution is 0.601. The molecule has 0 heterocycles. The van der Waals surface area contributed by atoms with Gasteiger partial charge in [-0.05, 0) is 36.8 Å². The topological polar surface area (TPSA) is 46.2 Å². The van der Waals surface area contributed by atoms with Gasteiger partial charge in [0.1, 0.15) is 0 Å². The Kier molecular flexibility index (Phi) is 4.30. The van der Waals surface area contributed by atoms with Gasteiger partial charge >= 0.3 is 0 Å². The Balaban J connectivity index is 2.40. The molecule has 104 valence electrons. The van der Waals surface area contributed by atoms with Gasteiger partial charge in [0.2, 0.25) is 0 Å². The van der Waals surface area contributed by atoms with Crippen LogP contribution in [0.1, 0.15) is 11.1 Å². The van der Waals surface area contributed by atoms with Gasteiger partial charge in [-0.3, -0.25) is 4.72 Å². The van der Waals surface area contributed by atoms with Gasteiger partial charge in [0.05, 0.1) is 10.6 Å². The van der Waals surface area contributed by atoms with E-state index in [0.29, 0.717) is 5.69 Å². The van der Waals surface area contributed by atoms with E-state index in [1.165, 1.54) is 0 Å². The van der Waals surface area contributed by atoms with Crippen molar-refractivity contribution < 1.29 is 8.42 Å². The number of sulfonamides is 1. The molecule has 0 atom stereocenters. The monoisotopic (exact) mass is 351 g/mol. The van der Waals surface area contributed by atoms with Crippen molar-refractivity contribution >= 4 is 37.7 Å². The summed E-state index contributed by atoms with van der Waals surface area (Å²) in [5, 5.41) is 0. The van der Waals surface area contributed by atoms with Crippen LogP contribution < -0.4 is 4.72 Å². The van der Waals surface area contributed by atoms with Gasteiger partial charge in [-0.15, -0.1) is 0 Å². The van der Waals surface area contributed by atoms with Gasteiger partial charge < -0.3 is 0 Å². The molecule has 0 aliphatic carbocycles. The van der Waals surface area contributed by atoms with Crippen LogP contribution in [-0.2, 0) is 10.0 Å². The summed E-state index contributed by atoms with van der Waals surface area (Å²) in [7, 11) is -3.60. The summed E-state index contributed by atoms with van der Waals surface area (Å²) < 4.78 is 28.0. The van der Waals surface area contributed by atoms with E-state index in [2.05, 4.69) is 27.2 Å². The van der Waals surface area contributed by atoms with Crippen LogP contribution in [0.5, 0.6) is 0 Å². The Morgan fingerprint density at radius 1 is 1.15 bits per heavy atom. The minimum Gasteiger partial charge on any atom is -0.279 e. The van der Waals surface area contributed by atoms with E-state index in [1.807, 2.05) is 13.0 Å². The number of hydrogen-bond donors (Lipinski definition) is 1. The van der Waals surface area contributed by atoms with Gasteiger partial charge in [0.15, 0.2) is 0 Å². The number of halogens is 1. The van der Waals surface area contributed by atoms with Crippen molar-refractivity contribution in [3.05, 3.63) is 64.6 Å². The highest BCUT2D eigenvalue weighted by atomic mass is 79.9. The quantitative estimate of drug-likeness (QED) is 0.896. The zero-order valence-electron chi connectivity index (χ0n) is 10.9. The van der Waals surface area contributed by atoms with Crippen molar-refractivity contribution in [2.45, 2.75) is 11.8 Å². The van der Waals surface area contributed by atoms with Crippen LogP contribution in [0.15, 0.2) is 58.4 Å². The van der Waals surface area contributed by atoms with Crippen molar-refractivity contribution in [2.24, 2.45) is 0 Å². The average molecular weight is 352 g/mol. The van der Waals surface area contributed by atoms with Gasteiger partial charge in [-0.2, -0.15) is 0 Å². The zero-order chi connectivity index (χ0) is 14.8. The van der Waals surface area contributed by atoms with E-state index in [0.717, 1.165) is 15.6 Å². The smallest absolute Gasteiger partial charge is 0.261 e. The number of rotatable bonds is 4. The first-order chi connectivity index (χ1) is 9.42. The lowest BCUT2D eigenvalue weighted by Gasteiger charge is -2.11. The molecule has 3 nitrogen and oxygen atoms in total. The molecule has 5 heteroatoms. The van der Waals surface area contributed by atoms with E-state index in [1.54, 1.807) is 42.5 Å². The third-order valence-corrected chi connectivity index (χ3v) is 4.69. The van der Waals surface area contributed by atoms with Crippen LogP contribution >= 0.6 is 15.9 Å². The molecule has 0 aromatic heterocycles. The molecule has 0 saturated heterocycles. The first-order valence-corrected chi connectivity index (χ1v) is 8.21. The van der Waals surface area contributed by atoms with Gasteiger partial charge in [-0.25, -0.2) is 8.42 Å². The maximum atomic E-state index is 12.3. The molecule has 0 amide bonds. The molecule has 0 aliphatic rings. The van der Waals surface area contributed by atoms with Crippen molar-refractivity contribution in [3.8, 4) is 0 Å². The first-order valence-electron chi connectivity index (χ1n) is 5.94. The molecule has 0 fully saturated rings. The fraction of sp³-hybridized carbons (Fsp3) is 0.0667. The van der Waals surface area contributed by atoms with Crippen LogP contribution in [0.3, 0.4) is 0 Å². The zero-order valence-corrected chi connectivity index (χ0v) is 13.3. The third kappa shape index (κ3) is 3.29. The molecule has 2 rings (SSSR count). The molecule has 2 aromatic carbocycles. The Bertz CT molecular complexity index is 737. The predicted octanol–water partition coefficient (Wildman–Crippen LogP) is 4.20. The van der Waals surface area contributed by atoms with E-state index in [4.69, 9.17) is 0 Å². The molecule has 0 spiro atoms. The largest absolute Gasteiger partial charge is 0.279 e. The lowest BCUT2D eigenvalue weighted by atomic mass is 10.2. The summed E-state index contributed by atoms with van der Waals surface area (Å²) >= 11 is 3.33. The summed E-state index contributed by atoms with van der Waals surface area (Å²) in [6.45, 7) is 5.60. The molecule has 1 N–H and O–H groups in total. The molecule has 2 aromatic rings. The van der Waals surface area contributed by atoms with Crippen LogP contribution in [0, 0.1) is 6.92 Å². The van der Waals surface area contributed by atoms with Crippen LogP contribution in [0.2, 0.25) is 0 Å². The maximum absolute atomic E-state index is 12.3. The van der Waals surface area contributed by atoms with Crippen LogP contribution in [0.4, 0.5) is 5.69 Å². The minimum atomic E-state index is -3.60. The van der Waals surface area contributed by atoms with E-state index in [-0.39, 0.29) is 4.90 Å². The van der Waals surface area contributed by atoms with Gasteiger partial charge in [-0.1, -0.05) is 52.3 Å². The lowest BCUT2D eigenvalue weighted by Crippen LogP contribution is -2.13. The second kappa shape index (κ2) is 5.81. The van der Waals surface area contributed by atoms with E-state index >= 15 is 0 Å². The number of hydrogen-bond acceptors (Lipinski definition) is 2. The standard InChI is InChI=1S/C15H14BrNO2S/c1-3-12-6-7-13(16)10-15(12)17-20(18,19)14-8-4-11(2)5-9-14/h3-10,17H,1H2,2H3. The fourth-order valence-electron chi connectivity index (χ4n) is 1.72. The van der Waals surface area contributed by atoms with Crippen LogP contribution in [0.25, 0.3) is 6.08 Å². The van der Waals surface area contributed by atoms with Crippen molar-refractivity contribution in [1.82, 2.24) is 0 Å². The van der Waals surface area contributed by atoms with Crippen molar-refractivity contribution in [1.29, 1.82) is 0 Å². The molecule has 0 unspecified atom stereocenters. The Hall–Kier alpha value is -1.59. The minimum absolute atomic E-state index is 0.234. The number of benzene rings is 2. The maximum Gasteiger partial charge on any atom is 0.261 e. The average Bonchev–Trinajstić information content (AvgIpc) is 2.39. The fourth-order valence-corrected chi connectivity index (χ4v) is 3.16. The normalized spacial score (nSPS) is 11.1. The number of anilines is 1. The second-order valence-electron chi connectivity index (χ2n) is 4.35. The van der Waals surface area contributed by atoms with Crippen molar-refractivity contribution in [2.75, 3.05) is 4.72 Å². The third-order valence-electron chi connectivity index (χ3n) is 2.81. The Morgan fingerprint density at radius 2 is 1.80 bits per heavy atom.